The Morgan fingerprint density at radius 1 is 1.14 bits per heavy atom. The number of piperidine rings is 1. The summed E-state index contributed by atoms with van der Waals surface area (Å²) in [6.07, 6.45) is 6.18. The van der Waals surface area contributed by atoms with E-state index >= 15 is 0 Å². The van der Waals surface area contributed by atoms with Crippen LogP contribution in [0.3, 0.4) is 0 Å². The van der Waals surface area contributed by atoms with Crippen molar-refractivity contribution in [3.8, 4) is 0 Å². The predicted octanol–water partition coefficient (Wildman–Crippen LogP) is 3.05. The normalized spacial score (nSPS) is 27.1. The Morgan fingerprint density at radius 2 is 1.86 bits per heavy atom. The van der Waals surface area contributed by atoms with E-state index in [2.05, 4.69) is 46.7 Å². The van der Waals surface area contributed by atoms with Crippen LogP contribution in [0.4, 0.5) is 0 Å². The zero-order valence-corrected chi connectivity index (χ0v) is 18.2. The van der Waals surface area contributed by atoms with E-state index in [9.17, 15) is 9.59 Å². The highest BCUT2D eigenvalue weighted by molar-refractivity contribution is 5.85. The van der Waals surface area contributed by atoms with E-state index in [0.29, 0.717) is 18.4 Å². The van der Waals surface area contributed by atoms with E-state index in [1.807, 2.05) is 0 Å². The largest absolute Gasteiger partial charge is 0.352 e. The van der Waals surface area contributed by atoms with Gasteiger partial charge in [-0.3, -0.25) is 9.59 Å². The molecular formula is C23H34ClN3O2. The molecule has 1 saturated carbocycles. The quantitative estimate of drug-likeness (QED) is 0.788. The second-order valence-corrected chi connectivity index (χ2v) is 9.00. The average Bonchev–Trinajstić information content (AvgIpc) is 3.18. The Hall–Kier alpha value is -1.59. The second-order valence-electron chi connectivity index (χ2n) is 9.00. The van der Waals surface area contributed by atoms with Crippen molar-refractivity contribution >= 4 is 24.2 Å². The summed E-state index contributed by atoms with van der Waals surface area (Å²) in [6, 6.07) is 8.27. The van der Waals surface area contributed by atoms with Crippen LogP contribution in [0.1, 0.15) is 49.7 Å². The van der Waals surface area contributed by atoms with Gasteiger partial charge in [-0.15, -0.1) is 12.4 Å². The van der Waals surface area contributed by atoms with E-state index in [1.165, 1.54) is 24.8 Å². The van der Waals surface area contributed by atoms with Crippen molar-refractivity contribution < 1.29 is 9.59 Å². The minimum Gasteiger partial charge on any atom is -0.352 e. The number of nitrogens with zero attached hydrogens (tertiary/aromatic N) is 1. The van der Waals surface area contributed by atoms with Crippen molar-refractivity contribution in [3.05, 3.63) is 35.4 Å². The molecule has 0 unspecified atom stereocenters. The maximum Gasteiger partial charge on any atom is 0.230 e. The van der Waals surface area contributed by atoms with Gasteiger partial charge in [0.2, 0.25) is 11.8 Å². The van der Waals surface area contributed by atoms with Crippen LogP contribution in [0.5, 0.6) is 0 Å². The fraction of sp³-hybridized carbons (Fsp3) is 0.652. The van der Waals surface area contributed by atoms with Gasteiger partial charge in [-0.25, -0.2) is 0 Å². The third kappa shape index (κ3) is 4.61. The number of amides is 2. The van der Waals surface area contributed by atoms with E-state index < -0.39 is 0 Å². The highest BCUT2D eigenvalue weighted by atomic mass is 35.5. The van der Waals surface area contributed by atoms with Crippen LogP contribution < -0.4 is 10.6 Å². The second kappa shape index (κ2) is 9.48. The summed E-state index contributed by atoms with van der Waals surface area (Å²) < 4.78 is 0. The molecule has 2 heterocycles. The smallest absolute Gasteiger partial charge is 0.230 e. The first-order chi connectivity index (χ1) is 13.6. The van der Waals surface area contributed by atoms with Crippen molar-refractivity contribution in [2.24, 2.45) is 17.3 Å². The Labute approximate surface area is 180 Å². The number of benzene rings is 1. The average molecular weight is 420 g/mol. The van der Waals surface area contributed by atoms with Gasteiger partial charge in [-0.05, 0) is 50.6 Å². The lowest BCUT2D eigenvalue weighted by molar-refractivity contribution is -0.148. The molecule has 3 aliphatic rings. The molecule has 2 N–H and O–H groups in total. The number of fused-ring (bicyclic) bond motifs is 1. The summed E-state index contributed by atoms with van der Waals surface area (Å²) in [5.74, 6) is 1.00. The number of rotatable bonds is 4. The van der Waals surface area contributed by atoms with Gasteiger partial charge in [0.05, 0.1) is 5.41 Å². The lowest BCUT2D eigenvalue weighted by Gasteiger charge is -2.42. The van der Waals surface area contributed by atoms with Gasteiger partial charge >= 0.3 is 0 Å². The number of carbonyl (C=O) groups is 2. The standard InChI is InChI=1S/C23H33N3O2.ClH/c1-17-5-7-18(8-6-17)14-25-21(27)19-9-12-26(13-10-19)22(28)23-11-3-2-4-20(23)15-24-16-23;/h5-8,19-20,24H,2-4,9-16H2,1H3,(H,25,27);1H/t20-,23+;/m0./s1. The number of nitrogens with one attached hydrogen (secondary N) is 2. The van der Waals surface area contributed by atoms with Crippen molar-refractivity contribution in [3.63, 3.8) is 0 Å². The van der Waals surface area contributed by atoms with Crippen LogP contribution in [0, 0.1) is 24.2 Å². The summed E-state index contributed by atoms with van der Waals surface area (Å²) in [6.45, 7) is 5.91. The number of carbonyl (C=O) groups excluding carboxylic acids is 2. The first-order valence-electron chi connectivity index (χ1n) is 10.9. The van der Waals surface area contributed by atoms with Crippen LogP contribution >= 0.6 is 12.4 Å². The molecule has 0 radical (unpaired) electrons. The van der Waals surface area contributed by atoms with Crippen LogP contribution in [-0.2, 0) is 16.1 Å². The van der Waals surface area contributed by atoms with Gasteiger partial charge in [-0.2, -0.15) is 0 Å². The van der Waals surface area contributed by atoms with E-state index in [-0.39, 0.29) is 29.6 Å². The first-order valence-corrected chi connectivity index (χ1v) is 10.9. The fourth-order valence-electron chi connectivity index (χ4n) is 5.37. The molecule has 1 aromatic rings. The van der Waals surface area contributed by atoms with Gasteiger partial charge in [0.15, 0.2) is 0 Å². The highest BCUT2D eigenvalue weighted by Gasteiger charge is 2.51. The lowest BCUT2D eigenvalue weighted by Crippen LogP contribution is -2.52. The lowest BCUT2D eigenvalue weighted by atomic mass is 9.67. The molecule has 29 heavy (non-hydrogen) atoms. The molecule has 6 heteroatoms. The Morgan fingerprint density at radius 3 is 2.59 bits per heavy atom. The zero-order valence-electron chi connectivity index (χ0n) is 17.4. The summed E-state index contributed by atoms with van der Waals surface area (Å²) in [5.41, 5.74) is 2.19. The molecule has 2 aliphatic heterocycles. The monoisotopic (exact) mass is 419 g/mol. The molecular weight excluding hydrogens is 386 g/mol. The van der Waals surface area contributed by atoms with Gasteiger partial charge in [-0.1, -0.05) is 42.7 Å². The van der Waals surface area contributed by atoms with Crippen molar-refractivity contribution in [1.82, 2.24) is 15.5 Å². The summed E-state index contributed by atoms with van der Waals surface area (Å²) >= 11 is 0. The molecule has 0 bridgehead atoms. The SMILES string of the molecule is Cc1ccc(CNC(=O)C2CCN(C(=O)[C@@]34CCCC[C@H]3CNC4)CC2)cc1.Cl. The molecule has 160 valence electrons. The molecule has 2 saturated heterocycles. The number of hydrogen-bond acceptors (Lipinski definition) is 3. The molecule has 1 aliphatic carbocycles. The van der Waals surface area contributed by atoms with Crippen molar-refractivity contribution in [2.75, 3.05) is 26.2 Å². The third-order valence-corrected chi connectivity index (χ3v) is 7.20. The van der Waals surface area contributed by atoms with Crippen LogP contribution in [0.2, 0.25) is 0 Å². The summed E-state index contributed by atoms with van der Waals surface area (Å²) in [7, 11) is 0. The van der Waals surface area contributed by atoms with Crippen LogP contribution in [0.15, 0.2) is 24.3 Å². The third-order valence-electron chi connectivity index (χ3n) is 7.20. The Bertz CT molecular complexity index is 715. The first kappa shape index (κ1) is 22.1. The molecule has 5 nitrogen and oxygen atoms in total. The zero-order chi connectivity index (χ0) is 19.6. The Kier molecular flexibility index (Phi) is 7.23. The summed E-state index contributed by atoms with van der Waals surface area (Å²) in [5, 5.41) is 6.56. The van der Waals surface area contributed by atoms with Gasteiger partial charge < -0.3 is 15.5 Å². The maximum absolute atomic E-state index is 13.4. The molecule has 0 spiro atoms. The summed E-state index contributed by atoms with van der Waals surface area (Å²) in [4.78, 5) is 28.0. The van der Waals surface area contributed by atoms with Gasteiger partial charge in [0, 0.05) is 32.1 Å². The minimum atomic E-state index is -0.168. The number of halogens is 1. The van der Waals surface area contributed by atoms with Crippen LogP contribution in [-0.4, -0.2) is 42.9 Å². The van der Waals surface area contributed by atoms with E-state index in [0.717, 1.165) is 51.0 Å². The maximum atomic E-state index is 13.4. The van der Waals surface area contributed by atoms with Gasteiger partial charge in [0.25, 0.3) is 0 Å². The number of likely N-dealkylation sites (tertiary alicyclic amines) is 1. The molecule has 4 rings (SSSR count). The molecule has 3 fully saturated rings. The van der Waals surface area contributed by atoms with Crippen LogP contribution in [0.25, 0.3) is 0 Å². The molecule has 1 aromatic carbocycles. The number of hydrogen-bond donors (Lipinski definition) is 2. The van der Waals surface area contributed by atoms with E-state index in [4.69, 9.17) is 0 Å². The van der Waals surface area contributed by atoms with E-state index in [1.54, 1.807) is 0 Å². The van der Waals surface area contributed by atoms with Crippen molar-refractivity contribution in [2.45, 2.75) is 52.0 Å². The number of aryl methyl sites for hydroxylation is 1. The predicted molar refractivity (Wildman–Crippen MR) is 117 cm³/mol. The molecule has 0 aromatic heterocycles. The molecule has 2 amide bonds. The topological polar surface area (TPSA) is 61.4 Å². The van der Waals surface area contributed by atoms with Gasteiger partial charge in [0.1, 0.15) is 0 Å². The van der Waals surface area contributed by atoms with Crippen molar-refractivity contribution in [1.29, 1.82) is 0 Å². The fourth-order valence-corrected chi connectivity index (χ4v) is 5.37. The Balaban J connectivity index is 0.00000240. The minimum absolute atomic E-state index is 0. The molecule has 2 atom stereocenters. The highest BCUT2D eigenvalue weighted by Crippen LogP contribution is 2.45.